The second kappa shape index (κ2) is 3.37. The molecule has 2 amide bonds. The van der Waals surface area contributed by atoms with Crippen molar-refractivity contribution in [3.8, 4) is 0 Å². The minimum Gasteiger partial charge on any atom is -0.296 e. The molecule has 0 aromatic heterocycles. The first-order chi connectivity index (χ1) is 6.69. The van der Waals surface area contributed by atoms with E-state index >= 15 is 0 Å². The van der Waals surface area contributed by atoms with Crippen LogP contribution in [0.3, 0.4) is 0 Å². The van der Waals surface area contributed by atoms with Gasteiger partial charge < -0.3 is 0 Å². The normalized spacial score (nSPS) is 37.6. The van der Waals surface area contributed by atoms with Crippen LogP contribution in [0, 0.1) is 11.3 Å². The fraction of sp³-hybridized carbons (Fsp3) is 0.818. The largest absolute Gasteiger partial charge is 0.296 e. The first-order valence-corrected chi connectivity index (χ1v) is 5.53. The number of hydrogen-bond donors (Lipinski definition) is 1. The molecule has 3 nitrogen and oxygen atoms in total. The van der Waals surface area contributed by atoms with Gasteiger partial charge in [-0.05, 0) is 18.8 Å². The maximum atomic E-state index is 11.8. The molecule has 0 radical (unpaired) electrons. The zero-order chi connectivity index (χ0) is 10.2. The molecular weight excluding hydrogens is 178 g/mol. The highest BCUT2D eigenvalue weighted by Crippen LogP contribution is 2.47. The Hall–Kier alpha value is -0.860. The summed E-state index contributed by atoms with van der Waals surface area (Å²) in [6.45, 7) is 2.12. The first-order valence-electron chi connectivity index (χ1n) is 5.53. The molecule has 1 aliphatic heterocycles. The molecule has 0 aromatic carbocycles. The molecule has 0 aromatic rings. The van der Waals surface area contributed by atoms with Crippen LogP contribution in [-0.4, -0.2) is 11.8 Å². The molecule has 2 atom stereocenters. The van der Waals surface area contributed by atoms with Gasteiger partial charge >= 0.3 is 0 Å². The summed E-state index contributed by atoms with van der Waals surface area (Å²) in [7, 11) is 0. The van der Waals surface area contributed by atoms with Crippen molar-refractivity contribution in [2.75, 3.05) is 0 Å². The Kier molecular flexibility index (Phi) is 2.33. The number of amides is 2. The Bertz CT molecular complexity index is 274. The summed E-state index contributed by atoms with van der Waals surface area (Å²) in [5.41, 5.74) is -0.329. The van der Waals surface area contributed by atoms with E-state index in [0.29, 0.717) is 12.3 Å². The fourth-order valence-corrected chi connectivity index (χ4v) is 3.10. The molecule has 1 saturated carbocycles. The Morgan fingerprint density at radius 3 is 2.79 bits per heavy atom. The molecule has 1 spiro atoms. The maximum absolute atomic E-state index is 11.8. The number of hydrogen-bond acceptors (Lipinski definition) is 2. The van der Waals surface area contributed by atoms with Crippen LogP contribution < -0.4 is 5.32 Å². The van der Waals surface area contributed by atoms with E-state index in [2.05, 4.69) is 12.2 Å². The molecule has 3 heteroatoms. The first kappa shape index (κ1) is 9.69. The van der Waals surface area contributed by atoms with E-state index in [-0.39, 0.29) is 17.2 Å². The van der Waals surface area contributed by atoms with Crippen LogP contribution in [0.4, 0.5) is 0 Å². The minimum absolute atomic E-state index is 0.00551. The van der Waals surface area contributed by atoms with Crippen molar-refractivity contribution < 1.29 is 9.59 Å². The molecule has 14 heavy (non-hydrogen) atoms. The van der Waals surface area contributed by atoms with Gasteiger partial charge in [-0.25, -0.2) is 0 Å². The van der Waals surface area contributed by atoms with Crippen LogP contribution in [0.5, 0.6) is 0 Å². The van der Waals surface area contributed by atoms with E-state index in [1.165, 1.54) is 6.42 Å². The molecule has 1 heterocycles. The van der Waals surface area contributed by atoms with E-state index in [0.717, 1.165) is 25.7 Å². The van der Waals surface area contributed by atoms with Gasteiger partial charge in [0.05, 0.1) is 5.41 Å². The molecule has 1 saturated heterocycles. The third-order valence-electron chi connectivity index (χ3n) is 3.88. The van der Waals surface area contributed by atoms with Crippen molar-refractivity contribution in [2.45, 2.75) is 45.4 Å². The second-order valence-electron chi connectivity index (χ2n) is 4.56. The fourth-order valence-electron chi connectivity index (χ4n) is 3.10. The van der Waals surface area contributed by atoms with Crippen LogP contribution >= 0.6 is 0 Å². The molecule has 2 aliphatic rings. The Morgan fingerprint density at radius 1 is 1.43 bits per heavy atom. The van der Waals surface area contributed by atoms with E-state index < -0.39 is 0 Å². The van der Waals surface area contributed by atoms with Crippen LogP contribution in [0.25, 0.3) is 0 Å². The van der Waals surface area contributed by atoms with Crippen LogP contribution in [0.15, 0.2) is 0 Å². The Morgan fingerprint density at radius 2 is 2.21 bits per heavy atom. The number of imide groups is 1. The highest BCUT2D eigenvalue weighted by molar-refractivity contribution is 6.06. The molecule has 2 rings (SSSR count). The number of carbonyl (C=O) groups excluding carboxylic acids is 2. The summed E-state index contributed by atoms with van der Waals surface area (Å²) < 4.78 is 0. The number of nitrogens with one attached hydrogen (secondary N) is 1. The van der Waals surface area contributed by atoms with E-state index in [1.54, 1.807) is 0 Å². The molecule has 1 aliphatic carbocycles. The van der Waals surface area contributed by atoms with Gasteiger partial charge in [-0.1, -0.05) is 26.2 Å². The van der Waals surface area contributed by atoms with E-state index in [4.69, 9.17) is 0 Å². The summed E-state index contributed by atoms with van der Waals surface area (Å²) in [6.07, 6.45) is 5.77. The summed E-state index contributed by atoms with van der Waals surface area (Å²) in [6, 6.07) is 0. The van der Waals surface area contributed by atoms with Crippen LogP contribution in [0.2, 0.25) is 0 Å². The summed E-state index contributed by atoms with van der Waals surface area (Å²) in [5.74, 6) is 0.340. The second-order valence-corrected chi connectivity index (χ2v) is 4.56. The van der Waals surface area contributed by atoms with Gasteiger partial charge in [0.25, 0.3) is 0 Å². The topological polar surface area (TPSA) is 46.2 Å². The minimum atomic E-state index is -0.329. The highest BCUT2D eigenvalue weighted by atomic mass is 16.2. The van der Waals surface area contributed by atoms with Crippen LogP contribution in [-0.2, 0) is 9.59 Å². The third kappa shape index (κ3) is 1.26. The van der Waals surface area contributed by atoms with Crippen LogP contribution in [0.1, 0.15) is 45.4 Å². The predicted octanol–water partition coefficient (Wildman–Crippen LogP) is 1.62. The summed E-state index contributed by atoms with van der Waals surface area (Å²) in [5, 5.41) is 2.46. The van der Waals surface area contributed by atoms with Gasteiger partial charge in [-0.15, -0.1) is 0 Å². The number of carbonyl (C=O) groups is 2. The SMILES string of the molecule is CCC1CCCCC12CC(=O)NC2=O. The van der Waals surface area contributed by atoms with Crippen molar-refractivity contribution in [3.05, 3.63) is 0 Å². The van der Waals surface area contributed by atoms with Crippen molar-refractivity contribution in [3.63, 3.8) is 0 Å². The lowest BCUT2D eigenvalue weighted by Gasteiger charge is -2.37. The smallest absolute Gasteiger partial charge is 0.233 e. The van der Waals surface area contributed by atoms with Gasteiger partial charge in [0.15, 0.2) is 0 Å². The predicted molar refractivity (Wildman–Crippen MR) is 52.4 cm³/mol. The zero-order valence-corrected chi connectivity index (χ0v) is 8.64. The lowest BCUT2D eigenvalue weighted by molar-refractivity contribution is -0.132. The molecule has 2 fully saturated rings. The Balaban J connectivity index is 2.26. The van der Waals surface area contributed by atoms with E-state index in [9.17, 15) is 9.59 Å². The van der Waals surface area contributed by atoms with Gasteiger partial charge in [-0.2, -0.15) is 0 Å². The summed E-state index contributed by atoms with van der Waals surface area (Å²) in [4.78, 5) is 23.1. The van der Waals surface area contributed by atoms with Crippen molar-refractivity contribution >= 4 is 11.8 Å². The van der Waals surface area contributed by atoms with Crippen molar-refractivity contribution in [1.29, 1.82) is 0 Å². The monoisotopic (exact) mass is 195 g/mol. The molecule has 0 bridgehead atoms. The number of rotatable bonds is 1. The third-order valence-corrected chi connectivity index (χ3v) is 3.88. The summed E-state index contributed by atoms with van der Waals surface area (Å²) >= 11 is 0. The lowest BCUT2D eigenvalue weighted by atomic mass is 9.64. The molecule has 1 N–H and O–H groups in total. The quantitative estimate of drug-likeness (QED) is 0.646. The lowest BCUT2D eigenvalue weighted by Crippen LogP contribution is -2.40. The zero-order valence-electron chi connectivity index (χ0n) is 8.64. The maximum Gasteiger partial charge on any atom is 0.233 e. The highest BCUT2D eigenvalue weighted by Gasteiger charge is 2.51. The van der Waals surface area contributed by atoms with Crippen molar-refractivity contribution in [2.24, 2.45) is 11.3 Å². The average molecular weight is 195 g/mol. The standard InChI is InChI=1S/C11H17NO2/c1-2-8-5-3-4-6-11(8)7-9(13)12-10(11)14/h8H,2-7H2,1H3,(H,12,13,14). The van der Waals surface area contributed by atoms with Gasteiger partial charge in [0.1, 0.15) is 0 Å². The van der Waals surface area contributed by atoms with Gasteiger partial charge in [0, 0.05) is 6.42 Å². The molecular formula is C11H17NO2. The molecule has 78 valence electrons. The van der Waals surface area contributed by atoms with Gasteiger partial charge in [-0.3, -0.25) is 14.9 Å². The average Bonchev–Trinajstić information content (AvgIpc) is 2.43. The Labute approximate surface area is 84.2 Å². The van der Waals surface area contributed by atoms with E-state index in [1.807, 2.05) is 0 Å². The van der Waals surface area contributed by atoms with Crippen molar-refractivity contribution in [1.82, 2.24) is 5.32 Å². The molecule has 2 unspecified atom stereocenters. The van der Waals surface area contributed by atoms with Gasteiger partial charge in [0.2, 0.25) is 11.8 Å².